The van der Waals surface area contributed by atoms with E-state index in [4.69, 9.17) is 4.74 Å². The summed E-state index contributed by atoms with van der Waals surface area (Å²) in [5, 5.41) is 2.57. The maximum Gasteiger partial charge on any atom is 0.434 e. The molecule has 3 heterocycles. The molecule has 0 unspecified atom stereocenters. The molecule has 39 heavy (non-hydrogen) atoms. The van der Waals surface area contributed by atoms with E-state index >= 15 is 0 Å². The molecular weight excluding hydrogens is 555 g/mol. The van der Waals surface area contributed by atoms with Crippen molar-refractivity contribution in [2.75, 3.05) is 25.0 Å². The highest BCUT2D eigenvalue weighted by Gasteiger charge is 2.34. The molecule has 4 rings (SSSR count). The second kappa shape index (κ2) is 11.4. The molecule has 1 N–H and O–H groups in total. The van der Waals surface area contributed by atoms with Crippen LogP contribution in [0.15, 0.2) is 30.6 Å². The first kappa shape index (κ1) is 28.7. The Morgan fingerprint density at radius 1 is 1.13 bits per heavy atom. The van der Waals surface area contributed by atoms with Crippen molar-refractivity contribution in [2.24, 2.45) is 0 Å². The normalized spacial score (nSPS) is 15.4. The maximum absolute atomic E-state index is 14.7. The number of anilines is 1. The van der Waals surface area contributed by atoms with Crippen LogP contribution in [-0.2, 0) is 12.6 Å². The van der Waals surface area contributed by atoms with Crippen molar-refractivity contribution in [2.45, 2.75) is 44.6 Å². The molecule has 2 aromatic heterocycles. The molecule has 0 atom stereocenters. The standard InChI is InChI=1S/C24H22F7N5O2S/c1-13-21(19(39-35-13)9-15-10-33-20(11-32-15)24(29,30)31)22(37)34-14-2-3-18(17(25)8-14)38-16-4-6-36(7-5-16)12-23(26,27)28/h2-3,8,10-11,16H,4-7,9,12H2,1H3,(H,34,37). The SMILES string of the molecule is Cc1nsc(Cc2cnc(C(F)(F)F)cn2)c1C(=O)Nc1ccc(OC2CCN(CC(F)(F)F)CC2)c(F)c1. The van der Waals surface area contributed by atoms with E-state index in [1.54, 1.807) is 6.92 Å². The third kappa shape index (κ3) is 7.62. The van der Waals surface area contributed by atoms with Crippen molar-refractivity contribution < 1.29 is 40.3 Å². The predicted molar refractivity (Wildman–Crippen MR) is 127 cm³/mol. The van der Waals surface area contributed by atoms with Gasteiger partial charge in [-0.3, -0.25) is 14.7 Å². The van der Waals surface area contributed by atoms with Crippen LogP contribution in [0.1, 0.15) is 45.2 Å². The van der Waals surface area contributed by atoms with Crippen LogP contribution in [0.25, 0.3) is 0 Å². The van der Waals surface area contributed by atoms with Crippen molar-refractivity contribution in [1.82, 2.24) is 19.2 Å². The summed E-state index contributed by atoms with van der Waals surface area (Å²) in [6.07, 6.45) is -7.12. The number of nitrogens with one attached hydrogen (secondary N) is 1. The first-order valence-electron chi connectivity index (χ1n) is 11.7. The molecule has 0 spiro atoms. The molecule has 1 amide bonds. The molecule has 1 saturated heterocycles. The number of likely N-dealkylation sites (tertiary alicyclic amines) is 1. The number of hydrogen-bond donors (Lipinski definition) is 1. The van der Waals surface area contributed by atoms with E-state index in [0.717, 1.165) is 23.8 Å². The summed E-state index contributed by atoms with van der Waals surface area (Å²) in [6.45, 7) is 0.939. The minimum Gasteiger partial charge on any atom is -0.487 e. The Labute approximate surface area is 222 Å². The zero-order valence-corrected chi connectivity index (χ0v) is 21.2. The van der Waals surface area contributed by atoms with Gasteiger partial charge in [-0.15, -0.1) is 0 Å². The van der Waals surface area contributed by atoms with Crippen LogP contribution in [-0.4, -0.2) is 57.1 Å². The van der Waals surface area contributed by atoms with Crippen LogP contribution in [0.4, 0.5) is 36.4 Å². The van der Waals surface area contributed by atoms with Gasteiger partial charge in [-0.1, -0.05) is 0 Å². The van der Waals surface area contributed by atoms with Gasteiger partial charge in [0.15, 0.2) is 17.3 Å². The molecule has 0 bridgehead atoms. The van der Waals surface area contributed by atoms with Gasteiger partial charge < -0.3 is 10.1 Å². The van der Waals surface area contributed by atoms with Crippen molar-refractivity contribution >= 4 is 23.1 Å². The summed E-state index contributed by atoms with van der Waals surface area (Å²) in [5.41, 5.74) is -0.239. The average molecular weight is 578 g/mol. The molecule has 15 heteroatoms. The lowest BCUT2D eigenvalue weighted by Crippen LogP contribution is -2.42. The summed E-state index contributed by atoms with van der Waals surface area (Å²) < 4.78 is 100. The number of nitrogens with zero attached hydrogens (tertiary/aromatic N) is 4. The zero-order chi connectivity index (χ0) is 28.4. The molecule has 0 saturated carbocycles. The van der Waals surface area contributed by atoms with Crippen molar-refractivity contribution in [1.29, 1.82) is 0 Å². The van der Waals surface area contributed by atoms with E-state index in [-0.39, 0.29) is 42.2 Å². The Hall–Kier alpha value is -3.33. The van der Waals surface area contributed by atoms with Gasteiger partial charge in [-0.25, -0.2) is 9.37 Å². The molecule has 1 aliphatic heterocycles. The van der Waals surface area contributed by atoms with E-state index in [0.29, 0.717) is 29.6 Å². The van der Waals surface area contributed by atoms with Gasteiger partial charge in [0.1, 0.15) is 6.10 Å². The lowest BCUT2D eigenvalue weighted by atomic mass is 10.1. The second-order valence-electron chi connectivity index (χ2n) is 8.94. The van der Waals surface area contributed by atoms with Crippen LogP contribution < -0.4 is 10.1 Å². The highest BCUT2D eigenvalue weighted by molar-refractivity contribution is 7.06. The fourth-order valence-electron chi connectivity index (χ4n) is 4.07. The smallest absolute Gasteiger partial charge is 0.434 e. The number of aryl methyl sites for hydroxylation is 1. The average Bonchev–Trinajstić information content (AvgIpc) is 3.20. The lowest BCUT2D eigenvalue weighted by molar-refractivity contribution is -0.149. The Balaban J connectivity index is 1.37. The third-order valence-corrected chi connectivity index (χ3v) is 6.85. The molecule has 0 aliphatic carbocycles. The molecule has 1 aromatic carbocycles. The molecule has 7 nitrogen and oxygen atoms in total. The quantitative estimate of drug-likeness (QED) is 0.366. The number of amides is 1. The van der Waals surface area contributed by atoms with Gasteiger partial charge in [0.25, 0.3) is 5.91 Å². The number of piperidine rings is 1. The third-order valence-electron chi connectivity index (χ3n) is 5.92. The van der Waals surface area contributed by atoms with Gasteiger partial charge in [-0.2, -0.15) is 30.7 Å². The fourth-order valence-corrected chi connectivity index (χ4v) is 4.95. The van der Waals surface area contributed by atoms with Crippen molar-refractivity contribution in [3.63, 3.8) is 0 Å². The fraction of sp³-hybridized carbons (Fsp3) is 0.417. The number of halogens is 7. The minimum atomic E-state index is -4.62. The Morgan fingerprint density at radius 2 is 1.85 bits per heavy atom. The Kier molecular flexibility index (Phi) is 8.39. The maximum atomic E-state index is 14.7. The Bertz CT molecular complexity index is 1300. The first-order chi connectivity index (χ1) is 18.3. The summed E-state index contributed by atoms with van der Waals surface area (Å²) in [5.74, 6) is -1.44. The first-order valence-corrected chi connectivity index (χ1v) is 12.5. The van der Waals surface area contributed by atoms with Gasteiger partial charge in [-0.05, 0) is 43.4 Å². The van der Waals surface area contributed by atoms with Gasteiger partial charge in [0.2, 0.25) is 0 Å². The number of alkyl halides is 6. The number of aromatic nitrogens is 3. The number of hydrogen-bond acceptors (Lipinski definition) is 7. The molecule has 1 aliphatic rings. The number of rotatable bonds is 7. The van der Waals surface area contributed by atoms with Crippen LogP contribution in [0.3, 0.4) is 0 Å². The largest absolute Gasteiger partial charge is 0.487 e. The zero-order valence-electron chi connectivity index (χ0n) is 20.4. The molecular formula is C24H22F7N5O2S. The Morgan fingerprint density at radius 3 is 2.44 bits per heavy atom. The van der Waals surface area contributed by atoms with E-state index in [1.807, 2.05) is 0 Å². The van der Waals surface area contributed by atoms with Crippen LogP contribution in [0.2, 0.25) is 0 Å². The van der Waals surface area contributed by atoms with E-state index in [9.17, 15) is 35.5 Å². The topological polar surface area (TPSA) is 80.2 Å². The molecule has 3 aromatic rings. The minimum absolute atomic E-state index is 0.0162. The summed E-state index contributed by atoms with van der Waals surface area (Å²) in [4.78, 5) is 21.8. The second-order valence-corrected chi connectivity index (χ2v) is 9.80. The number of carbonyl (C=O) groups excluding carboxylic acids is 1. The van der Waals surface area contributed by atoms with E-state index < -0.39 is 42.4 Å². The van der Waals surface area contributed by atoms with Crippen LogP contribution in [0.5, 0.6) is 5.75 Å². The van der Waals surface area contributed by atoms with Crippen LogP contribution >= 0.6 is 11.5 Å². The highest BCUT2D eigenvalue weighted by Crippen LogP contribution is 2.29. The van der Waals surface area contributed by atoms with E-state index in [1.165, 1.54) is 17.0 Å². The van der Waals surface area contributed by atoms with E-state index in [2.05, 4.69) is 19.7 Å². The van der Waals surface area contributed by atoms with Gasteiger partial charge in [0, 0.05) is 42.3 Å². The van der Waals surface area contributed by atoms with Gasteiger partial charge in [0.05, 0.1) is 29.7 Å². The lowest BCUT2D eigenvalue weighted by Gasteiger charge is -2.32. The molecule has 210 valence electrons. The monoisotopic (exact) mass is 577 g/mol. The highest BCUT2D eigenvalue weighted by atomic mass is 32.1. The predicted octanol–water partition coefficient (Wildman–Crippen LogP) is 5.65. The summed E-state index contributed by atoms with van der Waals surface area (Å²) >= 11 is 0.987. The summed E-state index contributed by atoms with van der Waals surface area (Å²) in [7, 11) is 0. The van der Waals surface area contributed by atoms with Gasteiger partial charge >= 0.3 is 12.4 Å². The number of benzene rings is 1. The number of ether oxygens (including phenoxy) is 1. The molecule has 0 radical (unpaired) electrons. The van der Waals surface area contributed by atoms with Crippen molar-refractivity contribution in [3.05, 3.63) is 63.9 Å². The van der Waals surface area contributed by atoms with Crippen molar-refractivity contribution in [3.8, 4) is 5.75 Å². The molecule has 1 fully saturated rings. The summed E-state index contributed by atoms with van der Waals surface area (Å²) in [6, 6.07) is 3.80. The van der Waals surface area contributed by atoms with Crippen LogP contribution in [0, 0.1) is 12.7 Å². The number of carbonyl (C=O) groups is 1.